The van der Waals surface area contributed by atoms with Gasteiger partial charge in [-0.05, 0) is 24.6 Å². The van der Waals surface area contributed by atoms with Crippen LogP contribution in [0.3, 0.4) is 0 Å². The van der Waals surface area contributed by atoms with Crippen molar-refractivity contribution >= 4 is 38.7 Å². The van der Waals surface area contributed by atoms with Gasteiger partial charge in [0.2, 0.25) is 0 Å². The number of aromatic amines is 1. The third kappa shape index (κ3) is 2.98. The second kappa shape index (κ2) is 6.04. The maximum Gasteiger partial charge on any atom is 0.323 e. The molecule has 2 aromatic rings. The number of carbonyl (C=O) groups excluding carboxylic acids is 1. The molecule has 0 bridgehead atoms. The second-order valence-electron chi connectivity index (χ2n) is 4.38. The molecule has 0 atom stereocenters. The van der Waals surface area contributed by atoms with Crippen molar-refractivity contribution in [3.8, 4) is 0 Å². The number of nitrogens with zero attached hydrogens (tertiary/aromatic N) is 2. The van der Waals surface area contributed by atoms with Crippen LogP contribution < -0.4 is 0 Å². The predicted molar refractivity (Wildman–Crippen MR) is 77.6 cm³/mol. The van der Waals surface area contributed by atoms with Gasteiger partial charge in [-0.3, -0.25) is 14.7 Å². The van der Waals surface area contributed by atoms with E-state index in [0.717, 1.165) is 9.99 Å². The van der Waals surface area contributed by atoms with Crippen molar-refractivity contribution in [1.29, 1.82) is 0 Å². The number of halogens is 1. The van der Waals surface area contributed by atoms with E-state index in [2.05, 4.69) is 26.1 Å². The first kappa shape index (κ1) is 14.5. The molecular weight excluding hydrogens is 326 g/mol. The van der Waals surface area contributed by atoms with Crippen LogP contribution in [0.5, 0.6) is 0 Å². The number of rotatable bonds is 5. The lowest BCUT2D eigenvalue weighted by Crippen LogP contribution is -2.36. The summed E-state index contributed by atoms with van der Waals surface area (Å²) in [5.41, 5.74) is 0.985. The number of fused-ring (bicyclic) bond motifs is 1. The second-order valence-corrected chi connectivity index (χ2v) is 5.30. The van der Waals surface area contributed by atoms with E-state index in [-0.39, 0.29) is 18.1 Å². The Hall–Kier alpha value is -1.89. The highest BCUT2D eigenvalue weighted by atomic mass is 79.9. The van der Waals surface area contributed by atoms with Crippen molar-refractivity contribution < 1.29 is 14.7 Å². The number of amides is 1. The molecule has 106 valence electrons. The normalized spacial score (nSPS) is 10.7. The molecule has 0 fully saturated rings. The Labute approximate surface area is 123 Å². The van der Waals surface area contributed by atoms with E-state index in [9.17, 15) is 9.59 Å². The summed E-state index contributed by atoms with van der Waals surface area (Å²) in [5.74, 6) is -1.41. The average Bonchev–Trinajstić information content (AvgIpc) is 2.79. The fourth-order valence-corrected chi connectivity index (χ4v) is 2.35. The van der Waals surface area contributed by atoms with Crippen LogP contribution in [0.1, 0.15) is 23.8 Å². The number of hydrogen-bond acceptors (Lipinski definition) is 3. The van der Waals surface area contributed by atoms with Gasteiger partial charge in [0, 0.05) is 16.4 Å². The van der Waals surface area contributed by atoms with Crippen molar-refractivity contribution in [2.45, 2.75) is 13.3 Å². The van der Waals surface area contributed by atoms with E-state index in [1.165, 1.54) is 4.90 Å². The van der Waals surface area contributed by atoms with Crippen molar-refractivity contribution in [3.63, 3.8) is 0 Å². The molecule has 1 amide bonds. The zero-order valence-electron chi connectivity index (χ0n) is 10.9. The molecule has 1 aromatic heterocycles. The Balaban J connectivity index is 2.37. The van der Waals surface area contributed by atoms with Crippen LogP contribution in [-0.2, 0) is 4.79 Å². The van der Waals surface area contributed by atoms with E-state index >= 15 is 0 Å². The molecule has 6 nitrogen and oxygen atoms in total. The first-order valence-electron chi connectivity index (χ1n) is 6.17. The first-order chi connectivity index (χ1) is 9.52. The molecule has 0 saturated carbocycles. The topological polar surface area (TPSA) is 86.3 Å². The fraction of sp³-hybridized carbons (Fsp3) is 0.308. The van der Waals surface area contributed by atoms with E-state index < -0.39 is 5.97 Å². The molecule has 0 aliphatic carbocycles. The molecule has 0 spiro atoms. The minimum Gasteiger partial charge on any atom is -0.480 e. The molecule has 0 aliphatic rings. The van der Waals surface area contributed by atoms with Gasteiger partial charge in [0.1, 0.15) is 6.54 Å². The lowest BCUT2D eigenvalue weighted by molar-refractivity contribution is -0.137. The van der Waals surface area contributed by atoms with Crippen molar-refractivity contribution in [2.24, 2.45) is 0 Å². The summed E-state index contributed by atoms with van der Waals surface area (Å²) in [7, 11) is 0. The largest absolute Gasteiger partial charge is 0.480 e. The summed E-state index contributed by atoms with van der Waals surface area (Å²) in [6.07, 6.45) is 0.686. The number of aliphatic carboxylic acids is 1. The molecule has 20 heavy (non-hydrogen) atoms. The number of H-pyrrole nitrogens is 1. The molecule has 1 aromatic carbocycles. The minimum absolute atomic E-state index is 0.246. The first-order valence-corrected chi connectivity index (χ1v) is 6.97. The van der Waals surface area contributed by atoms with E-state index in [1.807, 2.05) is 19.1 Å². The molecule has 0 aliphatic heterocycles. The van der Waals surface area contributed by atoms with Gasteiger partial charge in [-0.15, -0.1) is 0 Å². The Morgan fingerprint density at radius 2 is 2.20 bits per heavy atom. The Kier molecular flexibility index (Phi) is 4.39. The SMILES string of the molecule is CCCN(CC(=O)O)C(=O)c1n[nH]c2ccc(Br)cc12. The van der Waals surface area contributed by atoms with Crippen LogP contribution in [-0.4, -0.2) is 45.2 Å². The van der Waals surface area contributed by atoms with Crippen molar-refractivity contribution in [3.05, 3.63) is 28.4 Å². The van der Waals surface area contributed by atoms with Gasteiger partial charge >= 0.3 is 5.97 Å². The number of nitrogens with one attached hydrogen (secondary N) is 1. The minimum atomic E-state index is -1.03. The van der Waals surface area contributed by atoms with Gasteiger partial charge in [-0.25, -0.2) is 0 Å². The Morgan fingerprint density at radius 3 is 2.85 bits per heavy atom. The number of carbonyl (C=O) groups is 2. The average molecular weight is 340 g/mol. The number of hydrogen-bond donors (Lipinski definition) is 2. The third-order valence-electron chi connectivity index (χ3n) is 2.83. The summed E-state index contributed by atoms with van der Waals surface area (Å²) in [5, 5.41) is 16.4. The van der Waals surface area contributed by atoms with Crippen LogP contribution in [0, 0.1) is 0 Å². The Morgan fingerprint density at radius 1 is 1.45 bits per heavy atom. The van der Waals surface area contributed by atoms with E-state index in [4.69, 9.17) is 5.11 Å². The van der Waals surface area contributed by atoms with Gasteiger partial charge in [-0.1, -0.05) is 22.9 Å². The zero-order chi connectivity index (χ0) is 14.7. The highest BCUT2D eigenvalue weighted by Crippen LogP contribution is 2.22. The van der Waals surface area contributed by atoms with Crippen molar-refractivity contribution in [2.75, 3.05) is 13.1 Å². The quantitative estimate of drug-likeness (QED) is 0.874. The third-order valence-corrected chi connectivity index (χ3v) is 3.33. The molecule has 7 heteroatoms. The lowest BCUT2D eigenvalue weighted by atomic mass is 10.2. The molecule has 0 unspecified atom stereocenters. The molecule has 0 saturated heterocycles. The molecular formula is C13H14BrN3O3. The van der Waals surface area contributed by atoms with Gasteiger partial charge < -0.3 is 10.0 Å². The smallest absolute Gasteiger partial charge is 0.323 e. The lowest BCUT2D eigenvalue weighted by Gasteiger charge is -2.18. The van der Waals surface area contributed by atoms with Crippen LogP contribution in [0.2, 0.25) is 0 Å². The highest BCUT2D eigenvalue weighted by molar-refractivity contribution is 9.10. The van der Waals surface area contributed by atoms with Crippen LogP contribution in [0.15, 0.2) is 22.7 Å². The summed E-state index contributed by atoms with van der Waals surface area (Å²) in [6.45, 7) is 1.95. The molecule has 0 radical (unpaired) electrons. The number of carboxylic acids is 1. The monoisotopic (exact) mass is 339 g/mol. The summed E-state index contributed by atoms with van der Waals surface area (Å²) in [4.78, 5) is 24.6. The number of carboxylic acid groups (broad SMARTS) is 1. The zero-order valence-corrected chi connectivity index (χ0v) is 12.5. The summed E-state index contributed by atoms with van der Waals surface area (Å²) in [6, 6.07) is 5.44. The predicted octanol–water partition coefficient (Wildman–Crippen LogP) is 2.26. The number of aromatic nitrogens is 2. The van der Waals surface area contributed by atoms with E-state index in [0.29, 0.717) is 18.4 Å². The maximum atomic E-state index is 12.4. The molecule has 2 N–H and O–H groups in total. The summed E-state index contributed by atoms with van der Waals surface area (Å²) >= 11 is 3.35. The standard InChI is InChI=1S/C13H14BrN3O3/c1-2-5-17(7-11(18)19)13(20)12-9-6-8(14)3-4-10(9)15-16-12/h3-4,6H,2,5,7H2,1H3,(H,15,16)(H,18,19). The molecule has 1 heterocycles. The van der Waals surface area contributed by atoms with Crippen LogP contribution in [0.4, 0.5) is 0 Å². The van der Waals surface area contributed by atoms with Crippen molar-refractivity contribution in [1.82, 2.24) is 15.1 Å². The number of benzene rings is 1. The van der Waals surface area contributed by atoms with Gasteiger partial charge in [0.15, 0.2) is 5.69 Å². The van der Waals surface area contributed by atoms with Gasteiger partial charge in [-0.2, -0.15) is 5.10 Å². The van der Waals surface area contributed by atoms with E-state index in [1.54, 1.807) is 6.07 Å². The highest BCUT2D eigenvalue weighted by Gasteiger charge is 2.22. The Bertz CT molecular complexity index is 653. The van der Waals surface area contributed by atoms with Crippen LogP contribution >= 0.6 is 15.9 Å². The fourth-order valence-electron chi connectivity index (χ4n) is 1.98. The van der Waals surface area contributed by atoms with Gasteiger partial charge in [0.05, 0.1) is 5.52 Å². The van der Waals surface area contributed by atoms with Crippen LogP contribution in [0.25, 0.3) is 10.9 Å². The maximum absolute atomic E-state index is 12.4. The molecule has 2 rings (SSSR count). The van der Waals surface area contributed by atoms with Gasteiger partial charge in [0.25, 0.3) is 5.91 Å². The summed E-state index contributed by atoms with van der Waals surface area (Å²) < 4.78 is 0.834.